The van der Waals surface area contributed by atoms with Gasteiger partial charge in [-0.3, -0.25) is 5.43 Å². The van der Waals surface area contributed by atoms with Gasteiger partial charge < -0.3 is 14.8 Å². The van der Waals surface area contributed by atoms with E-state index in [4.69, 9.17) is 9.47 Å². The zero-order chi connectivity index (χ0) is 19.3. The number of nitrogens with one attached hydrogen (secondary N) is 3. The highest BCUT2D eigenvalue weighted by atomic mass is 16.5. The zero-order valence-electron chi connectivity index (χ0n) is 16.4. The van der Waals surface area contributed by atoms with Crippen LogP contribution >= 0.6 is 0 Å². The monoisotopic (exact) mass is 377 g/mol. The summed E-state index contributed by atoms with van der Waals surface area (Å²) < 4.78 is 10.6. The molecular formula is C23H27N3O2. The van der Waals surface area contributed by atoms with Crippen molar-refractivity contribution in [1.82, 2.24) is 16.2 Å². The number of hydrogen-bond donors (Lipinski definition) is 3. The molecule has 5 heteroatoms. The lowest BCUT2D eigenvalue weighted by molar-refractivity contribution is 0.413. The minimum atomic E-state index is 0.294. The van der Waals surface area contributed by atoms with Crippen LogP contribution < -0.4 is 25.6 Å². The summed E-state index contributed by atoms with van der Waals surface area (Å²) >= 11 is 0. The van der Waals surface area contributed by atoms with Gasteiger partial charge >= 0.3 is 0 Å². The molecule has 1 aliphatic heterocycles. The lowest BCUT2D eigenvalue weighted by atomic mass is 9.94. The molecule has 1 aliphatic rings. The molecule has 2 unspecified atom stereocenters. The van der Waals surface area contributed by atoms with E-state index in [1.54, 1.807) is 14.2 Å². The van der Waals surface area contributed by atoms with E-state index >= 15 is 0 Å². The second-order valence-electron chi connectivity index (χ2n) is 7.21. The van der Waals surface area contributed by atoms with Crippen molar-refractivity contribution in [3.05, 3.63) is 71.8 Å². The Morgan fingerprint density at radius 1 is 0.893 bits per heavy atom. The Kier molecular flexibility index (Phi) is 5.76. The molecule has 1 heterocycles. The first-order valence-corrected chi connectivity index (χ1v) is 9.66. The standard InChI is InChI=1S/C23H27N3O2/c1-27-21-8-5-17(6-9-21)23-20(15-25-26-23)14-24-13-16-3-4-19-12-22(28-2)10-7-18(19)11-16/h3-12,20,23-26H,13-15H2,1-2H3. The molecule has 1 saturated heterocycles. The fourth-order valence-corrected chi connectivity index (χ4v) is 3.80. The lowest BCUT2D eigenvalue weighted by Crippen LogP contribution is -2.28. The van der Waals surface area contributed by atoms with E-state index in [1.807, 2.05) is 18.2 Å². The Labute approximate surface area is 166 Å². The van der Waals surface area contributed by atoms with Crippen molar-refractivity contribution >= 4 is 10.8 Å². The molecule has 0 saturated carbocycles. The topological polar surface area (TPSA) is 54.5 Å². The van der Waals surface area contributed by atoms with Gasteiger partial charge in [-0.1, -0.05) is 30.3 Å². The predicted molar refractivity (Wildman–Crippen MR) is 113 cm³/mol. The minimum absolute atomic E-state index is 0.294. The maximum absolute atomic E-state index is 5.30. The highest BCUT2D eigenvalue weighted by Gasteiger charge is 2.27. The first-order chi connectivity index (χ1) is 13.8. The Balaban J connectivity index is 1.36. The summed E-state index contributed by atoms with van der Waals surface area (Å²) in [5.74, 6) is 2.26. The van der Waals surface area contributed by atoms with Crippen LogP contribution in [0.2, 0.25) is 0 Å². The fraction of sp³-hybridized carbons (Fsp3) is 0.304. The van der Waals surface area contributed by atoms with Crippen molar-refractivity contribution in [3.63, 3.8) is 0 Å². The molecule has 4 rings (SSSR count). The fourth-order valence-electron chi connectivity index (χ4n) is 3.80. The van der Waals surface area contributed by atoms with Gasteiger partial charge in [-0.05, 0) is 52.2 Å². The van der Waals surface area contributed by atoms with E-state index in [-0.39, 0.29) is 0 Å². The van der Waals surface area contributed by atoms with E-state index in [0.29, 0.717) is 12.0 Å². The highest BCUT2D eigenvalue weighted by molar-refractivity contribution is 5.84. The summed E-state index contributed by atoms with van der Waals surface area (Å²) in [7, 11) is 3.39. The highest BCUT2D eigenvalue weighted by Crippen LogP contribution is 2.26. The van der Waals surface area contributed by atoms with Gasteiger partial charge in [0.25, 0.3) is 0 Å². The molecule has 3 N–H and O–H groups in total. The SMILES string of the molecule is COc1ccc(C2NNCC2CNCc2ccc3cc(OC)ccc3c2)cc1. The van der Waals surface area contributed by atoms with E-state index < -0.39 is 0 Å². The number of ether oxygens (including phenoxy) is 2. The van der Waals surface area contributed by atoms with Crippen molar-refractivity contribution in [2.75, 3.05) is 27.3 Å². The second kappa shape index (κ2) is 8.61. The molecule has 0 radical (unpaired) electrons. The van der Waals surface area contributed by atoms with Gasteiger partial charge in [-0.2, -0.15) is 0 Å². The van der Waals surface area contributed by atoms with Gasteiger partial charge in [-0.25, -0.2) is 5.43 Å². The zero-order valence-corrected chi connectivity index (χ0v) is 16.4. The quantitative estimate of drug-likeness (QED) is 0.589. The van der Waals surface area contributed by atoms with Crippen LogP contribution in [-0.4, -0.2) is 27.3 Å². The predicted octanol–water partition coefficient (Wildman–Crippen LogP) is 3.41. The lowest BCUT2D eigenvalue weighted by Gasteiger charge is -2.19. The summed E-state index contributed by atoms with van der Waals surface area (Å²) in [5.41, 5.74) is 9.27. The van der Waals surface area contributed by atoms with Gasteiger partial charge in [-0.15, -0.1) is 0 Å². The minimum Gasteiger partial charge on any atom is -0.497 e. The third-order valence-electron chi connectivity index (χ3n) is 5.42. The molecule has 0 bridgehead atoms. The third kappa shape index (κ3) is 4.12. The molecule has 3 aromatic rings. The number of fused-ring (bicyclic) bond motifs is 1. The van der Waals surface area contributed by atoms with Gasteiger partial charge in [0, 0.05) is 25.6 Å². The van der Waals surface area contributed by atoms with Gasteiger partial charge in [0.1, 0.15) is 11.5 Å². The normalized spacial score (nSPS) is 19.1. The van der Waals surface area contributed by atoms with E-state index in [0.717, 1.165) is 31.1 Å². The first kappa shape index (κ1) is 18.7. The molecule has 1 fully saturated rings. The number of benzene rings is 3. The maximum Gasteiger partial charge on any atom is 0.119 e. The third-order valence-corrected chi connectivity index (χ3v) is 5.42. The van der Waals surface area contributed by atoms with Crippen molar-refractivity contribution in [3.8, 4) is 11.5 Å². The van der Waals surface area contributed by atoms with Crippen LogP contribution in [-0.2, 0) is 6.54 Å². The molecule has 146 valence electrons. The number of hydrazine groups is 1. The summed E-state index contributed by atoms with van der Waals surface area (Å²) in [6.45, 7) is 2.74. The van der Waals surface area contributed by atoms with E-state index in [2.05, 4.69) is 58.6 Å². The Hall–Kier alpha value is -2.60. The largest absolute Gasteiger partial charge is 0.497 e. The smallest absolute Gasteiger partial charge is 0.119 e. The van der Waals surface area contributed by atoms with E-state index in [1.165, 1.54) is 21.9 Å². The Morgan fingerprint density at radius 2 is 1.61 bits per heavy atom. The Bertz CT molecular complexity index is 927. The molecule has 3 aromatic carbocycles. The number of rotatable bonds is 7. The van der Waals surface area contributed by atoms with Crippen LogP contribution in [0.4, 0.5) is 0 Å². The number of methoxy groups -OCH3 is 2. The average molecular weight is 377 g/mol. The summed E-state index contributed by atoms with van der Waals surface area (Å²) in [5, 5.41) is 6.06. The van der Waals surface area contributed by atoms with Crippen LogP contribution in [0.15, 0.2) is 60.7 Å². The number of hydrogen-bond acceptors (Lipinski definition) is 5. The van der Waals surface area contributed by atoms with Gasteiger partial charge in [0.15, 0.2) is 0 Å². The van der Waals surface area contributed by atoms with Crippen molar-refractivity contribution in [2.24, 2.45) is 5.92 Å². The molecule has 28 heavy (non-hydrogen) atoms. The van der Waals surface area contributed by atoms with Crippen LogP contribution in [0.5, 0.6) is 11.5 Å². The van der Waals surface area contributed by atoms with Crippen LogP contribution in [0.1, 0.15) is 17.2 Å². The average Bonchev–Trinajstić information content (AvgIpc) is 3.22. The van der Waals surface area contributed by atoms with Gasteiger partial charge in [0.2, 0.25) is 0 Å². The first-order valence-electron chi connectivity index (χ1n) is 9.66. The molecule has 2 atom stereocenters. The molecule has 0 aromatic heterocycles. The molecule has 0 amide bonds. The molecule has 0 spiro atoms. The van der Waals surface area contributed by atoms with Crippen LogP contribution in [0.25, 0.3) is 10.8 Å². The molecule has 5 nitrogen and oxygen atoms in total. The summed E-state index contributed by atoms with van der Waals surface area (Å²) in [6, 6.07) is 21.4. The molecule has 0 aliphatic carbocycles. The van der Waals surface area contributed by atoms with Crippen LogP contribution in [0.3, 0.4) is 0 Å². The molecular weight excluding hydrogens is 350 g/mol. The van der Waals surface area contributed by atoms with E-state index in [9.17, 15) is 0 Å². The van der Waals surface area contributed by atoms with Crippen molar-refractivity contribution < 1.29 is 9.47 Å². The van der Waals surface area contributed by atoms with Gasteiger partial charge in [0.05, 0.1) is 20.3 Å². The second-order valence-corrected chi connectivity index (χ2v) is 7.21. The maximum atomic E-state index is 5.30. The summed E-state index contributed by atoms with van der Waals surface area (Å²) in [6.07, 6.45) is 0. The summed E-state index contributed by atoms with van der Waals surface area (Å²) in [4.78, 5) is 0. The van der Waals surface area contributed by atoms with Crippen molar-refractivity contribution in [1.29, 1.82) is 0 Å². The Morgan fingerprint density at radius 3 is 2.39 bits per heavy atom. The van der Waals surface area contributed by atoms with Crippen LogP contribution in [0, 0.1) is 5.92 Å². The van der Waals surface area contributed by atoms with Crippen molar-refractivity contribution in [2.45, 2.75) is 12.6 Å².